The van der Waals surface area contributed by atoms with Gasteiger partial charge in [0.25, 0.3) is 0 Å². The van der Waals surface area contributed by atoms with Gasteiger partial charge in [-0.25, -0.2) is 4.98 Å². The van der Waals surface area contributed by atoms with E-state index in [-0.39, 0.29) is 0 Å². The van der Waals surface area contributed by atoms with Crippen molar-refractivity contribution in [3.05, 3.63) is 22.8 Å². The quantitative estimate of drug-likeness (QED) is 0.830. The fourth-order valence-electron chi connectivity index (χ4n) is 1.21. The minimum atomic E-state index is 0.771. The molecular weight excluding hydrogens is 270 g/mol. The maximum atomic E-state index is 5.01. The highest BCUT2D eigenvalue weighted by atomic mass is 79.9. The average molecular weight is 288 g/mol. The summed E-state index contributed by atoms with van der Waals surface area (Å²) in [4.78, 5) is 6.45. The molecule has 0 aliphatic heterocycles. The SMILES string of the molecule is COCCN(C)CCNc1ccc(Br)cn1. The maximum Gasteiger partial charge on any atom is 0.126 e. The maximum absolute atomic E-state index is 5.01. The molecule has 0 radical (unpaired) electrons. The lowest BCUT2D eigenvalue weighted by atomic mass is 10.4. The van der Waals surface area contributed by atoms with Gasteiger partial charge in [-0.05, 0) is 35.1 Å². The molecule has 1 aromatic rings. The number of hydrogen-bond acceptors (Lipinski definition) is 4. The fraction of sp³-hybridized carbons (Fsp3) is 0.545. The Balaban J connectivity index is 2.17. The minimum Gasteiger partial charge on any atom is -0.383 e. The zero-order chi connectivity index (χ0) is 11.8. The van der Waals surface area contributed by atoms with Crippen LogP contribution in [0.2, 0.25) is 0 Å². The smallest absolute Gasteiger partial charge is 0.126 e. The first-order valence-corrected chi connectivity index (χ1v) is 6.04. The van der Waals surface area contributed by atoms with E-state index in [1.165, 1.54) is 0 Å². The number of anilines is 1. The van der Waals surface area contributed by atoms with Crippen molar-refractivity contribution < 1.29 is 4.74 Å². The lowest BCUT2D eigenvalue weighted by molar-refractivity contribution is 0.163. The van der Waals surface area contributed by atoms with Crippen molar-refractivity contribution in [2.24, 2.45) is 0 Å². The number of rotatable bonds is 7. The average Bonchev–Trinajstić information content (AvgIpc) is 2.29. The van der Waals surface area contributed by atoms with Crippen LogP contribution in [0.3, 0.4) is 0 Å². The van der Waals surface area contributed by atoms with Crippen LogP contribution in [0.4, 0.5) is 5.82 Å². The minimum absolute atomic E-state index is 0.771. The Kier molecular flexibility index (Phi) is 6.37. The number of methoxy groups -OCH3 is 1. The van der Waals surface area contributed by atoms with Crippen LogP contribution in [-0.4, -0.2) is 50.3 Å². The summed E-state index contributed by atoms with van der Waals surface area (Å²) in [6, 6.07) is 3.93. The van der Waals surface area contributed by atoms with Crippen molar-refractivity contribution in [3.8, 4) is 0 Å². The Morgan fingerprint density at radius 3 is 2.88 bits per heavy atom. The van der Waals surface area contributed by atoms with Crippen molar-refractivity contribution >= 4 is 21.7 Å². The van der Waals surface area contributed by atoms with Crippen LogP contribution in [0, 0.1) is 0 Å². The van der Waals surface area contributed by atoms with Crippen LogP contribution in [-0.2, 0) is 4.74 Å². The van der Waals surface area contributed by atoms with E-state index in [2.05, 4.69) is 38.2 Å². The van der Waals surface area contributed by atoms with Crippen LogP contribution in [0.25, 0.3) is 0 Å². The predicted molar refractivity (Wildman–Crippen MR) is 69.8 cm³/mol. The van der Waals surface area contributed by atoms with E-state index in [0.717, 1.165) is 36.5 Å². The summed E-state index contributed by atoms with van der Waals surface area (Å²) in [6.45, 7) is 3.58. The molecule has 1 aromatic heterocycles. The summed E-state index contributed by atoms with van der Waals surface area (Å²) in [5, 5.41) is 3.26. The molecule has 0 saturated heterocycles. The largest absolute Gasteiger partial charge is 0.383 e. The van der Waals surface area contributed by atoms with Gasteiger partial charge >= 0.3 is 0 Å². The Bertz CT molecular complexity index is 292. The Labute approximate surface area is 105 Å². The van der Waals surface area contributed by atoms with Crippen LogP contribution in [0.5, 0.6) is 0 Å². The Morgan fingerprint density at radius 1 is 1.44 bits per heavy atom. The van der Waals surface area contributed by atoms with E-state index < -0.39 is 0 Å². The Hall–Kier alpha value is -0.650. The number of pyridine rings is 1. The van der Waals surface area contributed by atoms with Crippen LogP contribution < -0.4 is 5.32 Å². The molecule has 90 valence electrons. The summed E-state index contributed by atoms with van der Waals surface area (Å²) < 4.78 is 6.01. The van der Waals surface area contributed by atoms with Crippen LogP contribution >= 0.6 is 15.9 Å². The highest BCUT2D eigenvalue weighted by Crippen LogP contribution is 2.09. The van der Waals surface area contributed by atoms with E-state index >= 15 is 0 Å². The molecule has 0 aliphatic carbocycles. The van der Waals surface area contributed by atoms with Crippen molar-refractivity contribution in [1.29, 1.82) is 0 Å². The second kappa shape index (κ2) is 7.60. The fourth-order valence-corrected chi connectivity index (χ4v) is 1.45. The van der Waals surface area contributed by atoms with Gasteiger partial charge < -0.3 is 15.0 Å². The molecule has 5 heteroatoms. The van der Waals surface area contributed by atoms with Gasteiger partial charge in [-0.3, -0.25) is 0 Å². The molecule has 0 atom stereocenters. The van der Waals surface area contributed by atoms with Crippen molar-refractivity contribution in [3.63, 3.8) is 0 Å². The van der Waals surface area contributed by atoms with Crippen molar-refractivity contribution in [1.82, 2.24) is 9.88 Å². The molecule has 0 amide bonds. The third kappa shape index (κ3) is 5.44. The predicted octanol–water partition coefficient (Wildman–Crippen LogP) is 1.83. The number of nitrogens with one attached hydrogen (secondary N) is 1. The third-order valence-electron chi connectivity index (χ3n) is 2.20. The van der Waals surface area contributed by atoms with Gasteiger partial charge in [-0.15, -0.1) is 0 Å². The summed E-state index contributed by atoms with van der Waals surface area (Å²) >= 11 is 3.35. The van der Waals surface area contributed by atoms with Gasteiger partial charge in [-0.2, -0.15) is 0 Å². The first kappa shape index (κ1) is 13.4. The van der Waals surface area contributed by atoms with Crippen molar-refractivity contribution in [2.75, 3.05) is 45.7 Å². The normalized spacial score (nSPS) is 10.8. The van der Waals surface area contributed by atoms with Crippen molar-refractivity contribution in [2.45, 2.75) is 0 Å². The molecule has 16 heavy (non-hydrogen) atoms. The number of halogens is 1. The van der Waals surface area contributed by atoms with E-state index in [1.807, 2.05) is 12.1 Å². The number of likely N-dealkylation sites (N-methyl/N-ethyl adjacent to an activating group) is 1. The topological polar surface area (TPSA) is 37.4 Å². The summed E-state index contributed by atoms with van der Waals surface area (Å²) in [6.07, 6.45) is 1.79. The molecule has 1 N–H and O–H groups in total. The highest BCUT2D eigenvalue weighted by molar-refractivity contribution is 9.10. The van der Waals surface area contributed by atoms with Crippen LogP contribution in [0.15, 0.2) is 22.8 Å². The molecule has 0 aromatic carbocycles. The summed E-state index contributed by atoms with van der Waals surface area (Å²) in [5.41, 5.74) is 0. The standard InChI is InChI=1S/C11H18BrN3O/c1-15(7-8-16-2)6-5-13-11-4-3-10(12)9-14-11/h3-4,9H,5-8H2,1-2H3,(H,13,14). The molecule has 0 spiro atoms. The van der Waals surface area contributed by atoms with Gasteiger partial charge in [0.15, 0.2) is 0 Å². The molecule has 0 fully saturated rings. The van der Waals surface area contributed by atoms with Gasteiger partial charge in [0.2, 0.25) is 0 Å². The molecule has 0 saturated carbocycles. The van der Waals surface area contributed by atoms with Gasteiger partial charge in [0.1, 0.15) is 5.82 Å². The first-order chi connectivity index (χ1) is 7.72. The highest BCUT2D eigenvalue weighted by Gasteiger charge is 1.98. The van der Waals surface area contributed by atoms with Gasteiger partial charge in [0, 0.05) is 37.4 Å². The zero-order valence-corrected chi connectivity index (χ0v) is 11.3. The number of hydrogen-bond donors (Lipinski definition) is 1. The molecule has 0 bridgehead atoms. The monoisotopic (exact) mass is 287 g/mol. The number of ether oxygens (including phenoxy) is 1. The third-order valence-corrected chi connectivity index (χ3v) is 2.67. The van der Waals surface area contributed by atoms with E-state index in [4.69, 9.17) is 4.74 Å². The summed E-state index contributed by atoms with van der Waals surface area (Å²) in [5.74, 6) is 0.906. The summed E-state index contributed by atoms with van der Waals surface area (Å²) in [7, 11) is 3.80. The number of nitrogens with zero attached hydrogens (tertiary/aromatic N) is 2. The molecule has 4 nitrogen and oxygen atoms in total. The van der Waals surface area contributed by atoms with Gasteiger partial charge in [0.05, 0.1) is 6.61 Å². The first-order valence-electron chi connectivity index (χ1n) is 5.25. The second-order valence-electron chi connectivity index (χ2n) is 3.58. The van der Waals surface area contributed by atoms with E-state index in [1.54, 1.807) is 13.3 Å². The van der Waals surface area contributed by atoms with Crippen LogP contribution in [0.1, 0.15) is 0 Å². The van der Waals surface area contributed by atoms with E-state index in [0.29, 0.717) is 0 Å². The zero-order valence-electron chi connectivity index (χ0n) is 9.74. The molecule has 1 heterocycles. The molecule has 0 unspecified atom stereocenters. The molecule has 1 rings (SSSR count). The van der Waals surface area contributed by atoms with E-state index in [9.17, 15) is 0 Å². The second-order valence-corrected chi connectivity index (χ2v) is 4.50. The molecular formula is C11H18BrN3O. The lowest BCUT2D eigenvalue weighted by Gasteiger charge is -2.16. The lowest BCUT2D eigenvalue weighted by Crippen LogP contribution is -2.28. The Morgan fingerprint density at radius 2 is 2.25 bits per heavy atom. The molecule has 0 aliphatic rings. The number of aromatic nitrogens is 1. The van der Waals surface area contributed by atoms with Gasteiger partial charge in [-0.1, -0.05) is 0 Å².